The predicted octanol–water partition coefficient (Wildman–Crippen LogP) is 2.32. The molecule has 2 aliphatic rings. The Morgan fingerprint density at radius 1 is 1.29 bits per heavy atom. The van der Waals surface area contributed by atoms with E-state index < -0.39 is 12.0 Å². The molecule has 0 bridgehead atoms. The summed E-state index contributed by atoms with van der Waals surface area (Å²) in [5, 5.41) is 17.9. The normalized spacial score (nSPS) is 17.8. The number of carbonyl (C=O) groups is 1. The number of carbonyl (C=O) groups excluding carboxylic acids is 1. The molecule has 8 nitrogen and oxygen atoms in total. The van der Waals surface area contributed by atoms with Crippen molar-refractivity contribution in [3.8, 4) is 0 Å². The topological polar surface area (TPSA) is 96.2 Å². The Morgan fingerprint density at radius 2 is 2.14 bits per heavy atom. The number of nitrogens with zero attached hydrogens (tertiary/aromatic N) is 5. The molecular weight excluding hydrogens is 363 g/mol. The fourth-order valence-corrected chi connectivity index (χ4v) is 3.37. The van der Waals surface area contributed by atoms with E-state index in [0.29, 0.717) is 23.1 Å². The van der Waals surface area contributed by atoms with Crippen molar-refractivity contribution in [2.24, 2.45) is 0 Å². The van der Waals surface area contributed by atoms with E-state index >= 15 is 0 Å². The number of hydrogen-bond donors (Lipinski definition) is 2. The van der Waals surface area contributed by atoms with Crippen molar-refractivity contribution in [3.05, 3.63) is 59.8 Å². The van der Waals surface area contributed by atoms with Crippen molar-refractivity contribution in [3.63, 3.8) is 0 Å². The number of aliphatic hydroxyl groups is 1. The fraction of sp³-hybridized carbons (Fsp3) is 0.263. The van der Waals surface area contributed by atoms with Gasteiger partial charge in [0.2, 0.25) is 5.91 Å². The molecule has 4 heterocycles. The van der Waals surface area contributed by atoms with E-state index in [4.69, 9.17) is 0 Å². The third-order valence-electron chi connectivity index (χ3n) is 4.89. The number of halogens is 1. The molecule has 3 aromatic rings. The quantitative estimate of drug-likeness (QED) is 0.721. The van der Waals surface area contributed by atoms with Crippen LogP contribution in [0.5, 0.6) is 0 Å². The molecular formula is C19H17FN6O2. The first-order valence-corrected chi connectivity index (χ1v) is 9.01. The first-order chi connectivity index (χ1) is 13.6. The minimum atomic E-state index is -0.954. The SMILES string of the molecule is O=C(CN1c2ncccc2C(O)n2nc(C3CC3)cc21)Nc1ccc(F)cn1. The molecule has 1 aliphatic carbocycles. The molecule has 1 saturated carbocycles. The van der Waals surface area contributed by atoms with Gasteiger partial charge in [-0.3, -0.25) is 4.79 Å². The monoisotopic (exact) mass is 380 g/mol. The molecule has 2 N–H and O–H groups in total. The van der Waals surface area contributed by atoms with E-state index in [1.165, 1.54) is 16.8 Å². The Hall–Kier alpha value is -3.33. The molecule has 142 valence electrons. The summed E-state index contributed by atoms with van der Waals surface area (Å²) in [7, 11) is 0. The van der Waals surface area contributed by atoms with E-state index in [-0.39, 0.29) is 18.3 Å². The van der Waals surface area contributed by atoms with Gasteiger partial charge in [0.05, 0.1) is 11.9 Å². The van der Waals surface area contributed by atoms with Gasteiger partial charge >= 0.3 is 0 Å². The summed E-state index contributed by atoms with van der Waals surface area (Å²) in [6, 6.07) is 8.03. The highest BCUT2D eigenvalue weighted by atomic mass is 19.1. The molecule has 1 amide bonds. The zero-order valence-corrected chi connectivity index (χ0v) is 14.8. The molecule has 28 heavy (non-hydrogen) atoms. The van der Waals surface area contributed by atoms with Gasteiger partial charge < -0.3 is 15.3 Å². The second-order valence-electron chi connectivity index (χ2n) is 6.93. The van der Waals surface area contributed by atoms with Crippen LogP contribution in [-0.2, 0) is 4.79 Å². The molecule has 1 fully saturated rings. The van der Waals surface area contributed by atoms with Crippen LogP contribution in [0, 0.1) is 5.82 Å². The van der Waals surface area contributed by atoms with Crippen LogP contribution in [0.2, 0.25) is 0 Å². The molecule has 1 unspecified atom stereocenters. The summed E-state index contributed by atoms with van der Waals surface area (Å²) in [4.78, 5) is 22.6. The van der Waals surface area contributed by atoms with Crippen LogP contribution < -0.4 is 10.2 Å². The Bertz CT molecular complexity index is 1050. The summed E-state index contributed by atoms with van der Waals surface area (Å²) in [6.07, 6.45) is 3.86. The van der Waals surface area contributed by atoms with Gasteiger partial charge in [-0.15, -0.1) is 0 Å². The summed E-state index contributed by atoms with van der Waals surface area (Å²) < 4.78 is 14.5. The summed E-state index contributed by atoms with van der Waals surface area (Å²) in [6.45, 7) is -0.0500. The van der Waals surface area contributed by atoms with Gasteiger partial charge in [0.25, 0.3) is 0 Å². The number of nitrogens with one attached hydrogen (secondary N) is 1. The van der Waals surface area contributed by atoms with Gasteiger partial charge in [0, 0.05) is 23.7 Å². The number of aliphatic hydroxyl groups excluding tert-OH is 1. The largest absolute Gasteiger partial charge is 0.368 e. The minimum Gasteiger partial charge on any atom is -0.368 e. The molecule has 0 aromatic carbocycles. The van der Waals surface area contributed by atoms with Crippen LogP contribution in [0.15, 0.2) is 42.7 Å². The number of fused-ring (bicyclic) bond motifs is 2. The van der Waals surface area contributed by atoms with Gasteiger partial charge in [-0.1, -0.05) is 0 Å². The highest BCUT2D eigenvalue weighted by Crippen LogP contribution is 2.44. The third kappa shape index (κ3) is 2.89. The van der Waals surface area contributed by atoms with Gasteiger partial charge in [0.15, 0.2) is 6.23 Å². The Morgan fingerprint density at radius 3 is 2.89 bits per heavy atom. The number of anilines is 3. The van der Waals surface area contributed by atoms with Crippen molar-refractivity contribution in [1.82, 2.24) is 19.7 Å². The van der Waals surface area contributed by atoms with Gasteiger partial charge in [0.1, 0.15) is 29.8 Å². The first-order valence-electron chi connectivity index (χ1n) is 9.01. The number of aromatic nitrogens is 4. The number of amides is 1. The highest BCUT2D eigenvalue weighted by Gasteiger charge is 2.35. The van der Waals surface area contributed by atoms with Crippen LogP contribution in [0.4, 0.5) is 21.8 Å². The molecule has 0 saturated heterocycles. The zero-order valence-electron chi connectivity index (χ0n) is 14.8. The summed E-state index contributed by atoms with van der Waals surface area (Å²) in [5.74, 6) is 0.970. The summed E-state index contributed by atoms with van der Waals surface area (Å²) >= 11 is 0. The second kappa shape index (κ2) is 6.38. The maximum atomic E-state index is 13.0. The third-order valence-corrected chi connectivity index (χ3v) is 4.89. The van der Waals surface area contributed by atoms with Gasteiger partial charge in [-0.05, 0) is 37.1 Å². The molecule has 5 rings (SSSR count). The van der Waals surface area contributed by atoms with Crippen molar-refractivity contribution in [1.29, 1.82) is 0 Å². The average molecular weight is 380 g/mol. The van der Waals surface area contributed by atoms with Crippen LogP contribution in [-0.4, -0.2) is 37.3 Å². The first kappa shape index (κ1) is 16.8. The van der Waals surface area contributed by atoms with Crippen LogP contribution >= 0.6 is 0 Å². The highest BCUT2D eigenvalue weighted by molar-refractivity contribution is 5.94. The van der Waals surface area contributed by atoms with E-state index in [1.54, 1.807) is 23.2 Å². The van der Waals surface area contributed by atoms with E-state index in [1.807, 2.05) is 6.07 Å². The standard InChI is InChI=1S/C19H17FN6O2/c20-12-5-6-15(22-9-12)23-16(27)10-25-17-8-14(11-3-4-11)24-26(17)19(28)13-2-1-7-21-18(13)25/h1-2,5-9,11,19,28H,3-4,10H2,(H,22,23,27). The zero-order chi connectivity index (χ0) is 19.3. The van der Waals surface area contributed by atoms with Crippen molar-refractivity contribution < 1.29 is 14.3 Å². The number of hydrogen-bond acceptors (Lipinski definition) is 6. The smallest absolute Gasteiger partial charge is 0.245 e. The minimum absolute atomic E-state index is 0.0500. The van der Waals surface area contributed by atoms with E-state index in [9.17, 15) is 14.3 Å². The van der Waals surface area contributed by atoms with Gasteiger partial charge in [-0.25, -0.2) is 19.0 Å². The average Bonchev–Trinajstić information content (AvgIpc) is 3.45. The molecule has 0 radical (unpaired) electrons. The van der Waals surface area contributed by atoms with Crippen LogP contribution in [0.1, 0.15) is 36.2 Å². The lowest BCUT2D eigenvalue weighted by Crippen LogP contribution is -2.36. The number of rotatable bonds is 4. The lowest BCUT2D eigenvalue weighted by Gasteiger charge is -2.32. The van der Waals surface area contributed by atoms with Crippen LogP contribution in [0.25, 0.3) is 0 Å². The molecule has 0 spiro atoms. The van der Waals surface area contributed by atoms with E-state index in [2.05, 4.69) is 20.4 Å². The van der Waals surface area contributed by atoms with Crippen LogP contribution in [0.3, 0.4) is 0 Å². The van der Waals surface area contributed by atoms with Crippen molar-refractivity contribution >= 4 is 23.4 Å². The lowest BCUT2D eigenvalue weighted by atomic mass is 10.1. The summed E-state index contributed by atoms with van der Waals surface area (Å²) in [5.41, 5.74) is 1.49. The Balaban J connectivity index is 1.47. The maximum Gasteiger partial charge on any atom is 0.245 e. The fourth-order valence-electron chi connectivity index (χ4n) is 3.37. The van der Waals surface area contributed by atoms with Crippen molar-refractivity contribution in [2.45, 2.75) is 25.0 Å². The lowest BCUT2D eigenvalue weighted by molar-refractivity contribution is -0.114. The molecule has 3 aromatic heterocycles. The molecule has 1 aliphatic heterocycles. The van der Waals surface area contributed by atoms with E-state index in [0.717, 1.165) is 24.7 Å². The second-order valence-corrected chi connectivity index (χ2v) is 6.93. The Labute approximate surface area is 159 Å². The molecule has 9 heteroatoms. The van der Waals surface area contributed by atoms with Crippen molar-refractivity contribution in [2.75, 3.05) is 16.8 Å². The molecule has 1 atom stereocenters. The predicted molar refractivity (Wildman–Crippen MR) is 98.6 cm³/mol. The van der Waals surface area contributed by atoms with Gasteiger partial charge in [-0.2, -0.15) is 5.10 Å². The Kier molecular flexibility index (Phi) is 3.83. The number of pyridine rings is 2. The maximum absolute atomic E-state index is 13.0.